The fourth-order valence-electron chi connectivity index (χ4n) is 2.12. The monoisotopic (exact) mass is 340 g/mol. The lowest BCUT2D eigenvalue weighted by atomic mass is 10.2. The van der Waals surface area contributed by atoms with Crippen LogP contribution in [-0.2, 0) is 4.79 Å². The highest BCUT2D eigenvalue weighted by Gasteiger charge is 2.09. The molecule has 5 heteroatoms. The molecule has 0 aromatic heterocycles. The number of benzene rings is 2. The fourth-order valence-corrected chi connectivity index (χ4v) is 2.12. The Morgan fingerprint density at radius 2 is 1.64 bits per heavy atom. The number of hydrogen-bond donors (Lipinski definition) is 2. The predicted octanol–water partition coefficient (Wildman–Crippen LogP) is 4.46. The summed E-state index contributed by atoms with van der Waals surface area (Å²) in [6, 6.07) is 14.1. The van der Waals surface area contributed by atoms with E-state index in [9.17, 15) is 9.59 Å². The van der Waals surface area contributed by atoms with Crippen LogP contribution in [0.1, 0.15) is 44.0 Å². The van der Waals surface area contributed by atoms with E-state index in [0.717, 1.165) is 6.42 Å². The largest absolute Gasteiger partial charge is 0.491 e. The average molecular weight is 340 g/mol. The number of carbonyl (C=O) groups excluding carboxylic acids is 2. The Balaban J connectivity index is 2.02. The minimum atomic E-state index is -0.208. The highest BCUT2D eigenvalue weighted by molar-refractivity contribution is 6.04. The SMILES string of the molecule is CCC(=O)Nc1ccc(NC(=O)c2cccc(OC(C)CC)c2)cc1. The van der Waals surface area contributed by atoms with E-state index in [1.54, 1.807) is 49.4 Å². The van der Waals surface area contributed by atoms with E-state index in [2.05, 4.69) is 10.6 Å². The molecule has 0 aliphatic heterocycles. The molecule has 2 amide bonds. The normalized spacial score (nSPS) is 11.5. The van der Waals surface area contributed by atoms with Crippen molar-refractivity contribution in [3.8, 4) is 5.75 Å². The third-order valence-corrected chi connectivity index (χ3v) is 3.76. The first-order valence-corrected chi connectivity index (χ1v) is 8.49. The molecule has 0 radical (unpaired) electrons. The van der Waals surface area contributed by atoms with Crippen molar-refractivity contribution < 1.29 is 14.3 Å². The average Bonchev–Trinajstić information content (AvgIpc) is 2.63. The van der Waals surface area contributed by atoms with Gasteiger partial charge in [-0.15, -0.1) is 0 Å². The van der Waals surface area contributed by atoms with Gasteiger partial charge in [0.2, 0.25) is 5.91 Å². The summed E-state index contributed by atoms with van der Waals surface area (Å²) in [5.74, 6) is 0.425. The summed E-state index contributed by atoms with van der Waals surface area (Å²) >= 11 is 0. The van der Waals surface area contributed by atoms with Gasteiger partial charge in [0.1, 0.15) is 5.75 Å². The zero-order chi connectivity index (χ0) is 18.2. The van der Waals surface area contributed by atoms with Gasteiger partial charge < -0.3 is 15.4 Å². The molecule has 25 heavy (non-hydrogen) atoms. The third kappa shape index (κ3) is 5.64. The van der Waals surface area contributed by atoms with Crippen LogP contribution in [0.15, 0.2) is 48.5 Å². The number of rotatable bonds is 7. The zero-order valence-corrected chi connectivity index (χ0v) is 14.8. The lowest BCUT2D eigenvalue weighted by Crippen LogP contribution is -2.14. The number of hydrogen-bond acceptors (Lipinski definition) is 3. The molecule has 5 nitrogen and oxygen atoms in total. The van der Waals surface area contributed by atoms with Crippen LogP contribution in [0.3, 0.4) is 0 Å². The van der Waals surface area contributed by atoms with Gasteiger partial charge in [-0.05, 0) is 55.8 Å². The van der Waals surface area contributed by atoms with E-state index < -0.39 is 0 Å². The fraction of sp³-hybridized carbons (Fsp3) is 0.300. The van der Waals surface area contributed by atoms with Crippen LogP contribution in [0, 0.1) is 0 Å². The van der Waals surface area contributed by atoms with Crippen LogP contribution in [0.2, 0.25) is 0 Å². The molecule has 0 heterocycles. The quantitative estimate of drug-likeness (QED) is 0.782. The Hall–Kier alpha value is -2.82. The standard InChI is InChI=1S/C20H24N2O3/c1-4-14(3)25-18-8-6-7-15(13-18)20(24)22-17-11-9-16(10-12-17)21-19(23)5-2/h6-14H,4-5H2,1-3H3,(H,21,23)(H,22,24). The lowest BCUT2D eigenvalue weighted by Gasteiger charge is -2.13. The minimum absolute atomic E-state index is 0.0464. The molecule has 1 unspecified atom stereocenters. The molecule has 0 fully saturated rings. The van der Waals surface area contributed by atoms with Gasteiger partial charge in [0.25, 0.3) is 5.91 Å². The van der Waals surface area contributed by atoms with E-state index in [4.69, 9.17) is 4.74 Å². The zero-order valence-electron chi connectivity index (χ0n) is 14.8. The Morgan fingerprint density at radius 3 is 2.24 bits per heavy atom. The minimum Gasteiger partial charge on any atom is -0.491 e. The van der Waals surface area contributed by atoms with Crippen molar-refractivity contribution in [2.45, 2.75) is 39.7 Å². The lowest BCUT2D eigenvalue weighted by molar-refractivity contribution is -0.115. The Kier molecular flexibility index (Phi) is 6.57. The maximum Gasteiger partial charge on any atom is 0.255 e. The number of nitrogens with one attached hydrogen (secondary N) is 2. The van der Waals surface area contributed by atoms with Crippen molar-refractivity contribution >= 4 is 23.2 Å². The molecule has 2 rings (SSSR count). The summed E-state index contributed by atoms with van der Waals surface area (Å²) in [7, 11) is 0. The van der Waals surface area contributed by atoms with Crippen LogP contribution in [0.5, 0.6) is 5.75 Å². The molecule has 2 aromatic rings. The van der Waals surface area contributed by atoms with Crippen LogP contribution in [0.4, 0.5) is 11.4 Å². The Morgan fingerprint density at radius 1 is 1.00 bits per heavy atom. The van der Waals surface area contributed by atoms with E-state index in [0.29, 0.717) is 29.1 Å². The summed E-state index contributed by atoms with van der Waals surface area (Å²) in [6.07, 6.45) is 1.43. The molecule has 0 bridgehead atoms. The molecular formula is C20H24N2O3. The van der Waals surface area contributed by atoms with Crippen LogP contribution in [-0.4, -0.2) is 17.9 Å². The molecule has 0 spiro atoms. The maximum atomic E-state index is 12.4. The van der Waals surface area contributed by atoms with Crippen molar-refractivity contribution in [3.05, 3.63) is 54.1 Å². The van der Waals surface area contributed by atoms with Gasteiger partial charge in [-0.2, -0.15) is 0 Å². The maximum absolute atomic E-state index is 12.4. The van der Waals surface area contributed by atoms with Crippen molar-refractivity contribution in [2.75, 3.05) is 10.6 Å². The molecule has 0 saturated heterocycles. The first kappa shape index (κ1) is 18.5. The Labute approximate surface area is 148 Å². The smallest absolute Gasteiger partial charge is 0.255 e. The highest BCUT2D eigenvalue weighted by Crippen LogP contribution is 2.18. The molecule has 2 N–H and O–H groups in total. The van der Waals surface area contributed by atoms with Gasteiger partial charge in [-0.1, -0.05) is 19.9 Å². The van der Waals surface area contributed by atoms with Crippen LogP contribution >= 0.6 is 0 Å². The number of amides is 2. The third-order valence-electron chi connectivity index (χ3n) is 3.76. The van der Waals surface area contributed by atoms with E-state index in [1.165, 1.54) is 0 Å². The predicted molar refractivity (Wildman–Crippen MR) is 100 cm³/mol. The van der Waals surface area contributed by atoms with Crippen molar-refractivity contribution in [3.63, 3.8) is 0 Å². The second-order valence-electron chi connectivity index (χ2n) is 5.80. The summed E-state index contributed by atoms with van der Waals surface area (Å²) in [4.78, 5) is 23.8. The van der Waals surface area contributed by atoms with Crippen LogP contribution < -0.4 is 15.4 Å². The first-order valence-electron chi connectivity index (χ1n) is 8.49. The van der Waals surface area contributed by atoms with E-state index in [-0.39, 0.29) is 17.9 Å². The molecule has 2 aromatic carbocycles. The summed E-state index contributed by atoms with van der Waals surface area (Å²) < 4.78 is 5.75. The van der Waals surface area contributed by atoms with Crippen molar-refractivity contribution in [2.24, 2.45) is 0 Å². The van der Waals surface area contributed by atoms with Gasteiger partial charge in [-0.3, -0.25) is 9.59 Å². The molecule has 0 aliphatic carbocycles. The topological polar surface area (TPSA) is 67.4 Å². The second kappa shape index (κ2) is 8.87. The molecule has 132 valence electrons. The van der Waals surface area contributed by atoms with Gasteiger partial charge >= 0.3 is 0 Å². The molecular weight excluding hydrogens is 316 g/mol. The number of carbonyl (C=O) groups is 2. The molecule has 0 aliphatic rings. The summed E-state index contributed by atoms with van der Waals surface area (Å²) in [5, 5.41) is 5.61. The van der Waals surface area contributed by atoms with Crippen molar-refractivity contribution in [1.82, 2.24) is 0 Å². The highest BCUT2D eigenvalue weighted by atomic mass is 16.5. The Bertz CT molecular complexity index is 726. The van der Waals surface area contributed by atoms with Gasteiger partial charge in [0.15, 0.2) is 0 Å². The summed E-state index contributed by atoms with van der Waals surface area (Å²) in [6.45, 7) is 5.84. The molecule has 1 atom stereocenters. The van der Waals surface area contributed by atoms with E-state index in [1.807, 2.05) is 19.9 Å². The van der Waals surface area contributed by atoms with Gasteiger partial charge in [0, 0.05) is 23.4 Å². The first-order chi connectivity index (χ1) is 12.0. The van der Waals surface area contributed by atoms with Gasteiger partial charge in [-0.25, -0.2) is 0 Å². The molecule has 0 saturated carbocycles. The van der Waals surface area contributed by atoms with Gasteiger partial charge in [0.05, 0.1) is 6.10 Å². The second-order valence-corrected chi connectivity index (χ2v) is 5.80. The van der Waals surface area contributed by atoms with E-state index >= 15 is 0 Å². The van der Waals surface area contributed by atoms with Crippen LogP contribution in [0.25, 0.3) is 0 Å². The number of anilines is 2. The van der Waals surface area contributed by atoms with Crippen molar-refractivity contribution in [1.29, 1.82) is 0 Å². The number of ether oxygens (including phenoxy) is 1. The summed E-state index contributed by atoms with van der Waals surface area (Å²) in [5.41, 5.74) is 1.89.